The van der Waals surface area contributed by atoms with E-state index >= 15 is 0 Å². The van der Waals surface area contributed by atoms with Crippen molar-refractivity contribution in [3.8, 4) is 5.75 Å². The van der Waals surface area contributed by atoms with Crippen LogP contribution in [-0.2, 0) is 6.42 Å². The van der Waals surface area contributed by atoms with Gasteiger partial charge in [-0.05, 0) is 32.0 Å². The molecule has 2 N–H and O–H groups in total. The van der Waals surface area contributed by atoms with Gasteiger partial charge in [-0.3, -0.25) is 0 Å². The van der Waals surface area contributed by atoms with Crippen LogP contribution >= 0.6 is 0 Å². The number of rotatable bonds is 2. The SMILES string of the molecule is C1=C2Cc3cc(OC4CCNCC4)cnc3N2CCN1. The summed E-state index contributed by atoms with van der Waals surface area (Å²) in [6, 6.07) is 2.17. The number of fused-ring (bicyclic) bond motifs is 3. The smallest absolute Gasteiger partial charge is 0.138 e. The lowest BCUT2D eigenvalue weighted by Crippen LogP contribution is -2.34. The first-order valence-corrected chi connectivity index (χ1v) is 7.46. The molecule has 1 aromatic rings. The lowest BCUT2D eigenvalue weighted by atomic mass is 10.1. The summed E-state index contributed by atoms with van der Waals surface area (Å²) < 4.78 is 6.08. The first-order valence-electron chi connectivity index (χ1n) is 7.46. The van der Waals surface area contributed by atoms with Crippen molar-refractivity contribution in [1.82, 2.24) is 15.6 Å². The zero-order valence-corrected chi connectivity index (χ0v) is 11.6. The van der Waals surface area contributed by atoms with E-state index in [0.29, 0.717) is 6.10 Å². The maximum absolute atomic E-state index is 6.08. The number of allylic oxidation sites excluding steroid dienone is 1. The van der Waals surface area contributed by atoms with E-state index < -0.39 is 0 Å². The first-order chi connectivity index (χ1) is 9.90. The van der Waals surface area contributed by atoms with Gasteiger partial charge in [-0.25, -0.2) is 4.98 Å². The van der Waals surface area contributed by atoms with Gasteiger partial charge in [0, 0.05) is 37.0 Å². The predicted molar refractivity (Wildman–Crippen MR) is 77.9 cm³/mol. The Kier molecular flexibility index (Phi) is 2.99. The number of hydrogen-bond acceptors (Lipinski definition) is 5. The fraction of sp³-hybridized carbons (Fsp3) is 0.533. The second kappa shape index (κ2) is 4.98. The number of aromatic nitrogens is 1. The summed E-state index contributed by atoms with van der Waals surface area (Å²) in [6.45, 7) is 4.09. The molecule has 3 aliphatic heterocycles. The molecule has 0 bridgehead atoms. The molecule has 20 heavy (non-hydrogen) atoms. The molecule has 0 radical (unpaired) electrons. The molecule has 0 atom stereocenters. The second-order valence-electron chi connectivity index (χ2n) is 5.64. The monoisotopic (exact) mass is 272 g/mol. The van der Waals surface area contributed by atoms with E-state index in [1.165, 1.54) is 11.3 Å². The minimum absolute atomic E-state index is 0.334. The van der Waals surface area contributed by atoms with Crippen molar-refractivity contribution in [2.45, 2.75) is 25.4 Å². The standard InChI is InChI=1S/C15H20N4O/c1-3-16-4-2-13(1)20-14-8-11-7-12-9-17-5-6-19(12)15(11)18-10-14/h8-10,13,16-17H,1-7H2. The zero-order valence-electron chi connectivity index (χ0n) is 11.6. The Morgan fingerprint density at radius 1 is 1.25 bits per heavy atom. The average Bonchev–Trinajstić information content (AvgIpc) is 2.86. The van der Waals surface area contributed by atoms with Gasteiger partial charge < -0.3 is 20.3 Å². The summed E-state index contributed by atoms with van der Waals surface area (Å²) in [6.07, 6.45) is 7.45. The highest BCUT2D eigenvalue weighted by atomic mass is 16.5. The molecule has 5 heteroatoms. The fourth-order valence-corrected chi connectivity index (χ4v) is 3.20. The van der Waals surface area contributed by atoms with E-state index in [2.05, 4.69) is 32.8 Å². The van der Waals surface area contributed by atoms with Crippen LogP contribution in [0, 0.1) is 0 Å². The van der Waals surface area contributed by atoms with Gasteiger partial charge in [0.05, 0.1) is 6.20 Å². The van der Waals surface area contributed by atoms with Gasteiger partial charge in [0.2, 0.25) is 0 Å². The molecule has 0 aromatic carbocycles. The molecule has 4 rings (SSSR count). The molecule has 0 unspecified atom stereocenters. The Hall–Kier alpha value is -1.75. The number of pyridine rings is 1. The van der Waals surface area contributed by atoms with Gasteiger partial charge in [0.1, 0.15) is 17.7 Å². The van der Waals surface area contributed by atoms with Crippen LogP contribution < -0.4 is 20.3 Å². The number of nitrogens with one attached hydrogen (secondary N) is 2. The first kappa shape index (κ1) is 12.0. The van der Waals surface area contributed by atoms with E-state index in [0.717, 1.165) is 57.0 Å². The normalized spacial score (nSPS) is 21.8. The summed E-state index contributed by atoms with van der Waals surface area (Å²) in [7, 11) is 0. The van der Waals surface area contributed by atoms with Gasteiger partial charge in [0.15, 0.2) is 0 Å². The number of ether oxygens (including phenoxy) is 1. The predicted octanol–water partition coefficient (Wildman–Crippen LogP) is 1.02. The summed E-state index contributed by atoms with van der Waals surface area (Å²) in [5.41, 5.74) is 2.60. The Balaban J connectivity index is 1.54. The summed E-state index contributed by atoms with van der Waals surface area (Å²) in [5.74, 6) is 2.03. The molecular weight excluding hydrogens is 252 g/mol. The lowest BCUT2D eigenvalue weighted by Gasteiger charge is -2.25. The maximum atomic E-state index is 6.08. The molecule has 106 valence electrons. The average molecular weight is 272 g/mol. The maximum Gasteiger partial charge on any atom is 0.138 e. The van der Waals surface area contributed by atoms with E-state index in [-0.39, 0.29) is 0 Å². The van der Waals surface area contributed by atoms with E-state index in [1.54, 1.807) is 0 Å². The van der Waals surface area contributed by atoms with Crippen LogP contribution in [0.4, 0.5) is 5.82 Å². The molecule has 3 aliphatic rings. The van der Waals surface area contributed by atoms with Crippen molar-refractivity contribution in [2.24, 2.45) is 0 Å². The van der Waals surface area contributed by atoms with Crippen LogP contribution in [0.15, 0.2) is 24.2 Å². The summed E-state index contributed by atoms with van der Waals surface area (Å²) in [5, 5.41) is 6.66. The van der Waals surface area contributed by atoms with E-state index in [4.69, 9.17) is 4.74 Å². The minimum Gasteiger partial charge on any atom is -0.489 e. The zero-order chi connectivity index (χ0) is 13.4. The van der Waals surface area contributed by atoms with E-state index in [9.17, 15) is 0 Å². The Morgan fingerprint density at radius 2 is 2.15 bits per heavy atom. The molecular formula is C15H20N4O. The quantitative estimate of drug-likeness (QED) is 0.842. The largest absolute Gasteiger partial charge is 0.489 e. The van der Waals surface area contributed by atoms with Crippen LogP contribution in [0.5, 0.6) is 5.75 Å². The van der Waals surface area contributed by atoms with Crippen molar-refractivity contribution < 1.29 is 4.74 Å². The van der Waals surface area contributed by atoms with Crippen molar-refractivity contribution in [2.75, 3.05) is 31.1 Å². The van der Waals surface area contributed by atoms with Gasteiger partial charge in [-0.2, -0.15) is 0 Å². The lowest BCUT2D eigenvalue weighted by molar-refractivity contribution is 0.162. The van der Waals surface area contributed by atoms with Crippen LogP contribution in [0.1, 0.15) is 18.4 Å². The number of piperidine rings is 1. The molecule has 0 saturated carbocycles. The topological polar surface area (TPSA) is 49.4 Å². The second-order valence-corrected chi connectivity index (χ2v) is 5.64. The molecule has 1 saturated heterocycles. The van der Waals surface area contributed by atoms with Crippen molar-refractivity contribution in [1.29, 1.82) is 0 Å². The number of nitrogens with zero attached hydrogens (tertiary/aromatic N) is 2. The molecule has 1 aromatic heterocycles. The number of hydrogen-bond donors (Lipinski definition) is 2. The van der Waals surface area contributed by atoms with Crippen LogP contribution in [0.2, 0.25) is 0 Å². The van der Waals surface area contributed by atoms with Crippen molar-refractivity contribution >= 4 is 5.82 Å². The highest BCUT2D eigenvalue weighted by Crippen LogP contribution is 2.35. The van der Waals surface area contributed by atoms with Gasteiger partial charge in [-0.1, -0.05) is 0 Å². The van der Waals surface area contributed by atoms with Crippen molar-refractivity contribution in [3.63, 3.8) is 0 Å². The third-order valence-electron chi connectivity index (χ3n) is 4.23. The summed E-state index contributed by atoms with van der Waals surface area (Å²) in [4.78, 5) is 6.93. The molecule has 4 heterocycles. The molecule has 0 amide bonds. The summed E-state index contributed by atoms with van der Waals surface area (Å²) >= 11 is 0. The Labute approximate surface area is 119 Å². The van der Waals surface area contributed by atoms with Gasteiger partial charge in [-0.15, -0.1) is 0 Å². The molecule has 0 spiro atoms. The third-order valence-corrected chi connectivity index (χ3v) is 4.23. The Bertz CT molecular complexity index is 537. The molecule has 5 nitrogen and oxygen atoms in total. The van der Waals surface area contributed by atoms with Crippen LogP contribution in [0.25, 0.3) is 0 Å². The Morgan fingerprint density at radius 3 is 3.05 bits per heavy atom. The third kappa shape index (κ3) is 2.12. The van der Waals surface area contributed by atoms with Crippen molar-refractivity contribution in [3.05, 3.63) is 29.7 Å². The van der Waals surface area contributed by atoms with Crippen LogP contribution in [0.3, 0.4) is 0 Å². The highest BCUT2D eigenvalue weighted by Gasteiger charge is 2.27. The fourth-order valence-electron chi connectivity index (χ4n) is 3.20. The minimum atomic E-state index is 0.334. The van der Waals surface area contributed by atoms with E-state index in [1.807, 2.05) is 6.20 Å². The molecule has 1 fully saturated rings. The highest BCUT2D eigenvalue weighted by molar-refractivity contribution is 5.62. The number of anilines is 1. The van der Waals surface area contributed by atoms with Gasteiger partial charge in [0.25, 0.3) is 0 Å². The van der Waals surface area contributed by atoms with Gasteiger partial charge >= 0.3 is 0 Å². The molecule has 0 aliphatic carbocycles. The van der Waals surface area contributed by atoms with Crippen LogP contribution in [-0.4, -0.2) is 37.3 Å².